The van der Waals surface area contributed by atoms with Crippen LogP contribution in [0.4, 0.5) is 5.82 Å². The quantitative estimate of drug-likeness (QED) is 0.871. The van der Waals surface area contributed by atoms with Crippen LogP contribution < -0.4 is 4.72 Å². The van der Waals surface area contributed by atoms with Crippen molar-refractivity contribution in [1.29, 1.82) is 0 Å². The number of aromatic nitrogens is 2. The van der Waals surface area contributed by atoms with Gasteiger partial charge in [-0.25, -0.2) is 18.4 Å². The molecule has 0 aliphatic carbocycles. The zero-order chi connectivity index (χ0) is 13.3. The van der Waals surface area contributed by atoms with Crippen molar-refractivity contribution in [2.45, 2.75) is 20.8 Å². The van der Waals surface area contributed by atoms with Gasteiger partial charge in [0.05, 0.1) is 5.75 Å². The van der Waals surface area contributed by atoms with Crippen LogP contribution in [0.1, 0.15) is 20.8 Å². The molecule has 0 unspecified atom stereocenters. The minimum atomic E-state index is -3.51. The molecular formula is C9H13Cl2N3O2S. The molecule has 0 bridgehead atoms. The number of nitrogens with one attached hydrogen (secondary N) is 1. The molecule has 8 heteroatoms. The normalized spacial score (nSPS) is 12.5. The first-order valence-electron chi connectivity index (χ1n) is 4.77. The number of anilines is 1. The third-order valence-corrected chi connectivity index (χ3v) is 4.11. The maximum atomic E-state index is 11.8. The average Bonchev–Trinajstić information content (AvgIpc) is 2.08. The summed E-state index contributed by atoms with van der Waals surface area (Å²) in [6.45, 7) is 5.46. The molecule has 0 atom stereocenters. The van der Waals surface area contributed by atoms with Gasteiger partial charge in [-0.15, -0.1) is 0 Å². The van der Waals surface area contributed by atoms with E-state index >= 15 is 0 Å². The second kappa shape index (κ2) is 4.96. The minimum absolute atomic E-state index is 0.00378. The highest BCUT2D eigenvalue weighted by Gasteiger charge is 2.23. The fourth-order valence-corrected chi connectivity index (χ4v) is 3.17. The smallest absolute Gasteiger partial charge is 0.234 e. The van der Waals surface area contributed by atoms with Crippen molar-refractivity contribution < 1.29 is 8.42 Å². The van der Waals surface area contributed by atoms with Gasteiger partial charge >= 0.3 is 0 Å². The molecule has 0 radical (unpaired) electrons. The van der Waals surface area contributed by atoms with Gasteiger partial charge in [0.2, 0.25) is 10.0 Å². The number of hydrogen-bond acceptors (Lipinski definition) is 4. The molecule has 1 heterocycles. The van der Waals surface area contributed by atoms with E-state index < -0.39 is 10.0 Å². The van der Waals surface area contributed by atoms with Crippen LogP contribution in [0.25, 0.3) is 0 Å². The van der Waals surface area contributed by atoms with Crippen LogP contribution in [0.3, 0.4) is 0 Å². The Morgan fingerprint density at radius 2 is 1.88 bits per heavy atom. The second-order valence-electron chi connectivity index (χ2n) is 4.75. The summed E-state index contributed by atoms with van der Waals surface area (Å²) >= 11 is 11.4. The Kier molecular flexibility index (Phi) is 4.22. The SMILES string of the molecule is CC(C)(C)CS(=O)(=O)Nc1ncnc(Cl)c1Cl. The molecular weight excluding hydrogens is 285 g/mol. The van der Waals surface area contributed by atoms with Crippen molar-refractivity contribution in [3.05, 3.63) is 16.5 Å². The second-order valence-corrected chi connectivity index (χ2v) is 7.21. The monoisotopic (exact) mass is 297 g/mol. The number of sulfonamides is 1. The Morgan fingerprint density at radius 1 is 1.29 bits per heavy atom. The van der Waals surface area contributed by atoms with Crippen molar-refractivity contribution in [3.8, 4) is 0 Å². The highest BCUT2D eigenvalue weighted by molar-refractivity contribution is 7.92. The van der Waals surface area contributed by atoms with Crippen molar-refractivity contribution in [2.75, 3.05) is 10.5 Å². The van der Waals surface area contributed by atoms with Gasteiger partial charge in [-0.05, 0) is 5.41 Å². The molecule has 0 aliphatic rings. The third-order valence-electron chi connectivity index (χ3n) is 1.62. The molecule has 0 saturated heterocycles. The molecule has 1 aromatic rings. The van der Waals surface area contributed by atoms with Crippen molar-refractivity contribution >= 4 is 39.0 Å². The summed E-state index contributed by atoms with van der Waals surface area (Å²) in [4.78, 5) is 7.37. The lowest BCUT2D eigenvalue weighted by Crippen LogP contribution is -2.26. The van der Waals surface area contributed by atoms with Crippen LogP contribution in [0.15, 0.2) is 6.33 Å². The zero-order valence-corrected chi connectivity index (χ0v) is 12.0. The van der Waals surface area contributed by atoms with E-state index in [-0.39, 0.29) is 27.2 Å². The molecule has 0 fully saturated rings. The van der Waals surface area contributed by atoms with E-state index in [4.69, 9.17) is 23.2 Å². The van der Waals surface area contributed by atoms with Crippen molar-refractivity contribution in [3.63, 3.8) is 0 Å². The van der Waals surface area contributed by atoms with E-state index in [9.17, 15) is 8.42 Å². The number of nitrogens with zero attached hydrogens (tertiary/aromatic N) is 2. The lowest BCUT2D eigenvalue weighted by molar-refractivity contribution is 0.463. The Bertz CT molecular complexity index is 511. The maximum absolute atomic E-state index is 11.8. The first kappa shape index (κ1) is 14.5. The summed E-state index contributed by atoms with van der Waals surface area (Å²) in [5, 5.41) is 0.00164. The summed E-state index contributed by atoms with van der Waals surface area (Å²) in [6, 6.07) is 0. The summed E-state index contributed by atoms with van der Waals surface area (Å²) < 4.78 is 25.9. The number of rotatable bonds is 3. The summed E-state index contributed by atoms with van der Waals surface area (Å²) in [5.74, 6) is -0.0475. The number of halogens is 2. The Morgan fingerprint density at radius 3 is 2.41 bits per heavy atom. The number of hydrogen-bond donors (Lipinski definition) is 1. The predicted octanol–water partition coefficient (Wildman–Crippen LogP) is 2.57. The van der Waals surface area contributed by atoms with E-state index in [0.29, 0.717) is 0 Å². The first-order valence-corrected chi connectivity index (χ1v) is 7.18. The van der Waals surface area contributed by atoms with Gasteiger partial charge in [-0.1, -0.05) is 44.0 Å². The zero-order valence-electron chi connectivity index (χ0n) is 9.66. The molecule has 1 rings (SSSR count). The van der Waals surface area contributed by atoms with Crippen molar-refractivity contribution in [1.82, 2.24) is 9.97 Å². The van der Waals surface area contributed by atoms with Gasteiger partial charge in [-0.3, -0.25) is 4.72 Å². The maximum Gasteiger partial charge on any atom is 0.234 e. The predicted molar refractivity (Wildman–Crippen MR) is 68.9 cm³/mol. The van der Waals surface area contributed by atoms with Crippen molar-refractivity contribution in [2.24, 2.45) is 5.41 Å². The van der Waals surface area contributed by atoms with Gasteiger partial charge in [0.15, 0.2) is 11.0 Å². The fourth-order valence-electron chi connectivity index (χ4n) is 1.17. The van der Waals surface area contributed by atoms with Gasteiger partial charge in [0, 0.05) is 0 Å². The fraction of sp³-hybridized carbons (Fsp3) is 0.556. The molecule has 96 valence electrons. The first-order chi connectivity index (χ1) is 7.61. The molecule has 0 saturated carbocycles. The molecule has 1 aromatic heterocycles. The topological polar surface area (TPSA) is 72.0 Å². The molecule has 0 aliphatic heterocycles. The van der Waals surface area contributed by atoms with Crippen LogP contribution in [-0.2, 0) is 10.0 Å². The standard InChI is InChI=1S/C9H13Cl2N3O2S/c1-9(2,3)4-17(15,16)14-8-6(10)7(11)12-5-13-8/h5H,4H2,1-3H3,(H,12,13,14). The summed E-state index contributed by atoms with van der Waals surface area (Å²) in [7, 11) is -3.51. The van der Waals surface area contributed by atoms with E-state index in [1.54, 1.807) is 0 Å². The Hall–Kier alpha value is -0.590. The van der Waals surface area contributed by atoms with Gasteiger partial charge in [0.25, 0.3) is 0 Å². The van der Waals surface area contributed by atoms with E-state index in [0.717, 1.165) is 6.33 Å². The van der Waals surface area contributed by atoms with Gasteiger partial charge in [-0.2, -0.15) is 0 Å². The van der Waals surface area contributed by atoms with E-state index in [1.165, 1.54) is 0 Å². The highest BCUT2D eigenvalue weighted by Crippen LogP contribution is 2.27. The summed E-state index contributed by atoms with van der Waals surface area (Å²) in [6.07, 6.45) is 1.14. The van der Waals surface area contributed by atoms with Crippen LogP contribution in [0, 0.1) is 5.41 Å². The molecule has 0 aromatic carbocycles. The van der Waals surface area contributed by atoms with Crippen LogP contribution >= 0.6 is 23.2 Å². The molecule has 1 N–H and O–H groups in total. The van der Waals surface area contributed by atoms with Gasteiger partial charge in [0.1, 0.15) is 11.3 Å². The van der Waals surface area contributed by atoms with E-state index in [2.05, 4.69) is 14.7 Å². The Labute approximate surface area is 111 Å². The molecule has 0 spiro atoms. The third kappa shape index (κ3) is 4.65. The molecule has 0 amide bonds. The van der Waals surface area contributed by atoms with Crippen LogP contribution in [-0.4, -0.2) is 24.1 Å². The molecule has 17 heavy (non-hydrogen) atoms. The van der Waals surface area contributed by atoms with E-state index in [1.807, 2.05) is 20.8 Å². The lowest BCUT2D eigenvalue weighted by atomic mass is 10.0. The van der Waals surface area contributed by atoms with Crippen LogP contribution in [0.2, 0.25) is 10.2 Å². The summed E-state index contributed by atoms with van der Waals surface area (Å²) in [5.41, 5.74) is -0.366. The minimum Gasteiger partial charge on any atom is -0.266 e. The largest absolute Gasteiger partial charge is 0.266 e. The average molecular weight is 298 g/mol. The van der Waals surface area contributed by atoms with Gasteiger partial charge < -0.3 is 0 Å². The lowest BCUT2D eigenvalue weighted by Gasteiger charge is -2.18. The highest BCUT2D eigenvalue weighted by atomic mass is 35.5. The Balaban J connectivity index is 2.95. The van der Waals surface area contributed by atoms with Crippen LogP contribution in [0.5, 0.6) is 0 Å². The molecule has 5 nitrogen and oxygen atoms in total.